The molecule has 0 radical (unpaired) electrons. The maximum Gasteiger partial charge on any atom is 0.267 e. The third kappa shape index (κ3) is 2.86. The topological polar surface area (TPSA) is 62.2 Å². The molecule has 1 aromatic carbocycles. The maximum atomic E-state index is 12.3. The van der Waals surface area contributed by atoms with Gasteiger partial charge in [0.25, 0.3) is 5.91 Å². The summed E-state index contributed by atoms with van der Waals surface area (Å²) in [6.07, 6.45) is 4.62. The second kappa shape index (κ2) is 6.02. The summed E-state index contributed by atoms with van der Waals surface area (Å²) >= 11 is 5.97. The molecule has 0 spiro atoms. The number of nitrogens with one attached hydrogen (secondary N) is 2. The van der Waals surface area contributed by atoms with Crippen molar-refractivity contribution in [3.63, 3.8) is 0 Å². The number of rotatable bonds is 4. The summed E-state index contributed by atoms with van der Waals surface area (Å²) in [5, 5.41) is 4.49. The zero-order valence-electron chi connectivity index (χ0n) is 12.8. The molecule has 0 saturated carbocycles. The fraction of sp³-hybridized carbons (Fsp3) is 0.111. The number of benzene rings is 1. The summed E-state index contributed by atoms with van der Waals surface area (Å²) in [6, 6.07) is 13.2. The van der Waals surface area contributed by atoms with Gasteiger partial charge in [-0.1, -0.05) is 17.7 Å². The van der Waals surface area contributed by atoms with Gasteiger partial charge in [-0.15, -0.1) is 0 Å². The number of pyridine rings is 1. The molecular formula is C18H15ClN4O. The molecule has 3 aromatic heterocycles. The monoisotopic (exact) mass is 338 g/mol. The lowest BCUT2D eigenvalue weighted by molar-refractivity contribution is 0.0950. The molecule has 0 saturated heterocycles. The summed E-state index contributed by atoms with van der Waals surface area (Å²) in [7, 11) is 0. The Morgan fingerprint density at radius 3 is 3.04 bits per heavy atom. The highest BCUT2D eigenvalue weighted by Crippen LogP contribution is 2.20. The summed E-state index contributed by atoms with van der Waals surface area (Å²) in [6.45, 7) is 0.527. The third-order valence-electron chi connectivity index (χ3n) is 3.91. The van der Waals surface area contributed by atoms with Crippen molar-refractivity contribution in [3.8, 4) is 0 Å². The van der Waals surface area contributed by atoms with Crippen LogP contribution in [0.15, 0.2) is 54.9 Å². The number of fused-ring (bicyclic) bond motifs is 2. The standard InChI is InChI=1S/C18H15ClN4O/c19-13-4-5-15-12(9-13)10-16(22-15)18(24)20-7-6-14-11-23-8-2-1-3-17(23)21-14/h1-5,8-11,22H,6-7H2,(H,20,24). The van der Waals surface area contributed by atoms with E-state index in [-0.39, 0.29) is 5.91 Å². The summed E-state index contributed by atoms with van der Waals surface area (Å²) < 4.78 is 1.97. The number of hydrogen-bond donors (Lipinski definition) is 2. The van der Waals surface area contributed by atoms with E-state index < -0.39 is 0 Å². The number of hydrogen-bond acceptors (Lipinski definition) is 2. The number of aromatic nitrogens is 3. The Kier molecular flexibility index (Phi) is 3.70. The zero-order chi connectivity index (χ0) is 16.5. The molecule has 3 heterocycles. The van der Waals surface area contributed by atoms with E-state index in [4.69, 9.17) is 11.6 Å². The second-order valence-corrected chi connectivity index (χ2v) is 6.06. The maximum absolute atomic E-state index is 12.3. The molecule has 120 valence electrons. The molecule has 4 aromatic rings. The molecule has 0 aliphatic heterocycles. The first-order chi connectivity index (χ1) is 11.7. The quantitative estimate of drug-likeness (QED) is 0.598. The van der Waals surface area contributed by atoms with Crippen LogP contribution in [0.3, 0.4) is 0 Å². The van der Waals surface area contributed by atoms with Gasteiger partial charge in [-0.2, -0.15) is 0 Å². The predicted molar refractivity (Wildman–Crippen MR) is 94.5 cm³/mol. The molecular weight excluding hydrogens is 324 g/mol. The second-order valence-electron chi connectivity index (χ2n) is 5.62. The average molecular weight is 339 g/mol. The van der Waals surface area contributed by atoms with Crippen molar-refractivity contribution in [3.05, 3.63) is 71.3 Å². The van der Waals surface area contributed by atoms with Gasteiger partial charge in [0, 0.05) is 41.3 Å². The zero-order valence-corrected chi connectivity index (χ0v) is 13.5. The molecule has 0 unspecified atom stereocenters. The molecule has 0 aliphatic rings. The number of nitrogens with zero attached hydrogens (tertiary/aromatic N) is 2. The largest absolute Gasteiger partial charge is 0.351 e. The number of aromatic amines is 1. The molecule has 0 fully saturated rings. The Hall–Kier alpha value is -2.79. The highest BCUT2D eigenvalue weighted by Gasteiger charge is 2.10. The van der Waals surface area contributed by atoms with E-state index in [9.17, 15) is 4.79 Å². The molecule has 5 nitrogen and oxygen atoms in total. The fourth-order valence-electron chi connectivity index (χ4n) is 2.73. The van der Waals surface area contributed by atoms with Crippen molar-refractivity contribution in [1.29, 1.82) is 0 Å². The van der Waals surface area contributed by atoms with Crippen molar-refractivity contribution in [1.82, 2.24) is 19.7 Å². The number of carbonyl (C=O) groups excluding carboxylic acids is 1. The molecule has 1 amide bonds. The van der Waals surface area contributed by atoms with Crippen LogP contribution in [0.5, 0.6) is 0 Å². The Labute approximate surface area is 143 Å². The molecule has 6 heteroatoms. The highest BCUT2D eigenvalue weighted by atomic mass is 35.5. The van der Waals surface area contributed by atoms with Crippen molar-refractivity contribution >= 4 is 34.1 Å². The normalized spacial score (nSPS) is 11.2. The lowest BCUT2D eigenvalue weighted by Crippen LogP contribution is -2.26. The highest BCUT2D eigenvalue weighted by molar-refractivity contribution is 6.31. The Balaban J connectivity index is 1.41. The minimum absolute atomic E-state index is 0.133. The van der Waals surface area contributed by atoms with Crippen LogP contribution in [-0.2, 0) is 6.42 Å². The van der Waals surface area contributed by atoms with Crippen LogP contribution in [0.4, 0.5) is 0 Å². The van der Waals surface area contributed by atoms with Crippen LogP contribution in [0, 0.1) is 0 Å². The van der Waals surface area contributed by atoms with Crippen LogP contribution < -0.4 is 5.32 Å². The van der Waals surface area contributed by atoms with Gasteiger partial charge in [0.2, 0.25) is 0 Å². The molecule has 0 aliphatic carbocycles. The Morgan fingerprint density at radius 2 is 2.17 bits per heavy atom. The molecule has 4 rings (SSSR count). The van der Waals surface area contributed by atoms with Gasteiger partial charge in [0.15, 0.2) is 0 Å². The fourth-order valence-corrected chi connectivity index (χ4v) is 2.91. The van der Waals surface area contributed by atoms with Crippen LogP contribution in [0.1, 0.15) is 16.2 Å². The van der Waals surface area contributed by atoms with Crippen molar-refractivity contribution < 1.29 is 4.79 Å². The Morgan fingerprint density at radius 1 is 1.25 bits per heavy atom. The van der Waals surface area contributed by atoms with E-state index in [1.807, 2.05) is 53.2 Å². The first-order valence-electron chi connectivity index (χ1n) is 7.68. The van der Waals surface area contributed by atoms with Gasteiger partial charge in [-0.25, -0.2) is 4.98 Å². The van der Waals surface area contributed by atoms with Crippen LogP contribution >= 0.6 is 11.6 Å². The van der Waals surface area contributed by atoms with Gasteiger partial charge in [0.05, 0.1) is 5.69 Å². The van der Waals surface area contributed by atoms with E-state index in [0.29, 0.717) is 23.7 Å². The Bertz CT molecular complexity index is 1000. The molecule has 24 heavy (non-hydrogen) atoms. The lowest BCUT2D eigenvalue weighted by atomic mass is 10.2. The average Bonchev–Trinajstić information content (AvgIpc) is 3.17. The van der Waals surface area contributed by atoms with Crippen molar-refractivity contribution in [2.45, 2.75) is 6.42 Å². The van der Waals surface area contributed by atoms with Gasteiger partial charge < -0.3 is 14.7 Å². The molecule has 2 N–H and O–H groups in total. The van der Waals surface area contributed by atoms with E-state index in [1.54, 1.807) is 6.07 Å². The predicted octanol–water partition coefficient (Wildman–Crippen LogP) is 3.44. The number of halogens is 1. The lowest BCUT2D eigenvalue weighted by Gasteiger charge is -2.01. The first-order valence-corrected chi connectivity index (χ1v) is 8.06. The minimum atomic E-state index is -0.133. The van der Waals surface area contributed by atoms with E-state index in [1.165, 1.54) is 0 Å². The van der Waals surface area contributed by atoms with Gasteiger partial charge >= 0.3 is 0 Å². The van der Waals surface area contributed by atoms with E-state index in [0.717, 1.165) is 22.2 Å². The van der Waals surface area contributed by atoms with Crippen molar-refractivity contribution in [2.24, 2.45) is 0 Å². The van der Waals surface area contributed by atoms with Crippen LogP contribution in [0.25, 0.3) is 16.6 Å². The van der Waals surface area contributed by atoms with Gasteiger partial charge in [0.1, 0.15) is 11.3 Å². The number of amides is 1. The smallest absolute Gasteiger partial charge is 0.267 e. The number of imidazole rings is 1. The van der Waals surface area contributed by atoms with Gasteiger partial charge in [-0.05, 0) is 36.4 Å². The van der Waals surface area contributed by atoms with Gasteiger partial charge in [-0.3, -0.25) is 4.79 Å². The number of carbonyl (C=O) groups is 1. The summed E-state index contributed by atoms with van der Waals surface area (Å²) in [4.78, 5) is 19.9. The summed E-state index contributed by atoms with van der Waals surface area (Å²) in [5.74, 6) is -0.133. The van der Waals surface area contributed by atoms with E-state index in [2.05, 4.69) is 15.3 Å². The van der Waals surface area contributed by atoms with Crippen LogP contribution in [0.2, 0.25) is 5.02 Å². The van der Waals surface area contributed by atoms with E-state index >= 15 is 0 Å². The van der Waals surface area contributed by atoms with Crippen LogP contribution in [-0.4, -0.2) is 26.8 Å². The third-order valence-corrected chi connectivity index (χ3v) is 4.14. The van der Waals surface area contributed by atoms with Crippen molar-refractivity contribution in [2.75, 3.05) is 6.54 Å². The first kappa shape index (κ1) is 14.8. The minimum Gasteiger partial charge on any atom is -0.351 e. The number of H-pyrrole nitrogens is 1. The molecule has 0 atom stereocenters. The molecule has 0 bridgehead atoms. The SMILES string of the molecule is O=C(NCCc1cn2ccccc2n1)c1cc2cc(Cl)ccc2[nH]1. The summed E-state index contributed by atoms with van der Waals surface area (Å²) in [5.41, 5.74) is 3.28.